The summed E-state index contributed by atoms with van der Waals surface area (Å²) < 4.78 is 60.0. The summed E-state index contributed by atoms with van der Waals surface area (Å²) in [5.41, 5.74) is -0.908. The first-order valence-electron chi connectivity index (χ1n) is 11.0. The third-order valence-corrected chi connectivity index (χ3v) is 5.84. The maximum atomic E-state index is 13.6. The molecule has 5 nitrogen and oxygen atoms in total. The Morgan fingerprint density at radius 3 is 2.46 bits per heavy atom. The van der Waals surface area contributed by atoms with Gasteiger partial charge in [0, 0.05) is 29.1 Å². The minimum Gasteiger partial charge on any atom is -0.459 e. The van der Waals surface area contributed by atoms with E-state index >= 15 is 0 Å². The van der Waals surface area contributed by atoms with Crippen LogP contribution in [-0.4, -0.2) is 34.4 Å². The molecule has 0 radical (unpaired) electrons. The zero-order valence-electron chi connectivity index (χ0n) is 19.6. The molecule has 0 saturated carbocycles. The Bertz CT molecular complexity index is 1350. The van der Waals surface area contributed by atoms with Crippen LogP contribution in [0, 0.1) is 5.82 Å². The van der Waals surface area contributed by atoms with Crippen LogP contribution >= 0.6 is 0 Å². The number of nitrogens with one attached hydrogen (secondary N) is 1. The van der Waals surface area contributed by atoms with E-state index in [2.05, 4.69) is 4.98 Å². The summed E-state index contributed by atoms with van der Waals surface area (Å²) in [6.07, 6.45) is -4.19. The van der Waals surface area contributed by atoms with Gasteiger partial charge in [0.05, 0.1) is 28.5 Å². The van der Waals surface area contributed by atoms with Gasteiger partial charge in [0.15, 0.2) is 0 Å². The Morgan fingerprint density at radius 1 is 1.11 bits per heavy atom. The van der Waals surface area contributed by atoms with E-state index in [0.717, 1.165) is 33.5 Å². The van der Waals surface area contributed by atoms with E-state index in [9.17, 15) is 27.2 Å². The van der Waals surface area contributed by atoms with Crippen molar-refractivity contribution in [1.82, 2.24) is 9.88 Å². The van der Waals surface area contributed by atoms with Gasteiger partial charge in [-0.15, -0.1) is 0 Å². The summed E-state index contributed by atoms with van der Waals surface area (Å²) in [5.74, 6) is -2.84. The van der Waals surface area contributed by atoms with Crippen molar-refractivity contribution >= 4 is 28.4 Å². The van der Waals surface area contributed by atoms with Crippen LogP contribution in [0.4, 0.5) is 17.6 Å². The predicted octanol–water partition coefficient (Wildman–Crippen LogP) is 6.05. The first-order valence-corrected chi connectivity index (χ1v) is 11.0. The maximum absolute atomic E-state index is 13.6. The second-order valence-electron chi connectivity index (χ2n) is 9.42. The number of fused-ring (bicyclic) bond motifs is 3. The summed E-state index contributed by atoms with van der Waals surface area (Å²) in [4.78, 5) is 30.8. The Kier molecular flexibility index (Phi) is 5.99. The molecule has 1 aliphatic rings. The number of benzene rings is 2. The lowest BCUT2D eigenvalue weighted by atomic mass is 9.81. The van der Waals surface area contributed by atoms with Gasteiger partial charge in [-0.3, -0.25) is 4.79 Å². The van der Waals surface area contributed by atoms with E-state index in [-0.39, 0.29) is 12.1 Å². The van der Waals surface area contributed by atoms with Crippen molar-refractivity contribution in [1.29, 1.82) is 0 Å². The molecule has 3 aromatic rings. The molecule has 4 rings (SSSR count). The number of ether oxygens (including phenoxy) is 1. The van der Waals surface area contributed by atoms with E-state index < -0.39 is 46.5 Å². The zero-order chi connectivity index (χ0) is 25.7. The minimum atomic E-state index is -4.95. The zero-order valence-corrected chi connectivity index (χ0v) is 19.6. The van der Waals surface area contributed by atoms with E-state index in [1.54, 1.807) is 13.8 Å². The van der Waals surface area contributed by atoms with E-state index in [1.807, 2.05) is 38.1 Å². The second kappa shape index (κ2) is 8.55. The van der Waals surface area contributed by atoms with Gasteiger partial charge < -0.3 is 14.6 Å². The van der Waals surface area contributed by atoms with Crippen molar-refractivity contribution in [3.8, 4) is 0 Å². The van der Waals surface area contributed by atoms with Crippen molar-refractivity contribution in [3.63, 3.8) is 0 Å². The van der Waals surface area contributed by atoms with Crippen LogP contribution in [-0.2, 0) is 21.1 Å². The molecule has 0 unspecified atom stereocenters. The van der Waals surface area contributed by atoms with Crippen molar-refractivity contribution < 1.29 is 31.9 Å². The lowest BCUT2D eigenvalue weighted by Gasteiger charge is -2.30. The van der Waals surface area contributed by atoms with E-state index in [0.29, 0.717) is 11.8 Å². The number of aromatic nitrogens is 1. The molecule has 184 valence electrons. The van der Waals surface area contributed by atoms with Crippen LogP contribution in [0.15, 0.2) is 48.7 Å². The second-order valence-corrected chi connectivity index (χ2v) is 9.42. The fourth-order valence-electron chi connectivity index (χ4n) is 4.47. The number of hydrogen-bond acceptors (Lipinski definition) is 3. The molecule has 1 aromatic heterocycles. The van der Waals surface area contributed by atoms with Gasteiger partial charge in [0.1, 0.15) is 5.82 Å². The number of nitrogens with zero attached hydrogens (tertiary/aromatic N) is 1. The van der Waals surface area contributed by atoms with Gasteiger partial charge in [-0.2, -0.15) is 13.2 Å². The number of alkyl halides is 3. The lowest BCUT2D eigenvalue weighted by Crippen LogP contribution is -2.37. The third-order valence-electron chi connectivity index (χ3n) is 5.84. The molecular weight excluding hydrogens is 464 g/mol. The Labute approximate surface area is 199 Å². The highest BCUT2D eigenvalue weighted by Crippen LogP contribution is 2.41. The number of aromatic amines is 1. The van der Waals surface area contributed by atoms with Gasteiger partial charge in [-0.05, 0) is 43.7 Å². The van der Waals surface area contributed by atoms with Crippen LogP contribution in [0.2, 0.25) is 0 Å². The van der Waals surface area contributed by atoms with Gasteiger partial charge in [0.2, 0.25) is 0 Å². The minimum absolute atomic E-state index is 0.0134. The fourth-order valence-corrected chi connectivity index (χ4v) is 4.47. The Hall–Kier alpha value is -3.62. The Morgan fingerprint density at radius 2 is 1.80 bits per heavy atom. The van der Waals surface area contributed by atoms with Crippen molar-refractivity contribution in [3.05, 3.63) is 76.9 Å². The molecule has 0 bridgehead atoms. The molecule has 2 heterocycles. The molecule has 1 amide bonds. The number of hydrogen-bond donors (Lipinski definition) is 1. The lowest BCUT2D eigenvalue weighted by molar-refractivity contribution is -0.140. The van der Waals surface area contributed by atoms with Crippen LogP contribution in [0.3, 0.4) is 0 Å². The summed E-state index contributed by atoms with van der Waals surface area (Å²) in [6.45, 7) is 6.98. The average Bonchev–Trinajstić information content (AvgIpc) is 3.09. The van der Waals surface area contributed by atoms with Gasteiger partial charge >= 0.3 is 12.1 Å². The fraction of sp³-hybridized carbons (Fsp3) is 0.308. The van der Waals surface area contributed by atoms with Crippen molar-refractivity contribution in [2.45, 2.75) is 45.4 Å². The van der Waals surface area contributed by atoms with Crippen molar-refractivity contribution in [2.75, 3.05) is 6.54 Å². The average molecular weight is 488 g/mol. The van der Waals surface area contributed by atoms with Gasteiger partial charge in [-0.1, -0.05) is 32.0 Å². The van der Waals surface area contributed by atoms with Gasteiger partial charge in [-0.25, -0.2) is 9.18 Å². The third kappa shape index (κ3) is 4.54. The molecule has 1 N–H and O–H groups in total. The number of esters is 1. The van der Waals surface area contributed by atoms with Crippen LogP contribution < -0.4 is 0 Å². The molecule has 1 aliphatic heterocycles. The number of carbonyl (C=O) groups excluding carboxylic acids is 2. The summed E-state index contributed by atoms with van der Waals surface area (Å²) >= 11 is 0. The predicted molar refractivity (Wildman–Crippen MR) is 123 cm³/mol. The molecule has 0 spiro atoms. The summed E-state index contributed by atoms with van der Waals surface area (Å²) in [6, 6.07) is 9.31. The van der Waals surface area contributed by atoms with E-state index in [1.165, 1.54) is 6.20 Å². The highest BCUT2D eigenvalue weighted by molar-refractivity contribution is 6.18. The smallest absolute Gasteiger partial charge is 0.417 e. The maximum Gasteiger partial charge on any atom is 0.417 e. The molecular formula is C26H24F4N2O3. The number of carbonyl (C=O) groups is 2. The molecule has 0 fully saturated rings. The standard InChI is InChI=1S/C26H24F4N2O3/c1-14(2)35-24(34)18-12-32(23(33)16-10-9-15(27)11-19(16)26(28,29)30)13-25(3,4)21-17-7-5-6-8-20(17)31-22(18)21/h5-12,14,31H,13H2,1-4H3. The SMILES string of the molecule is CC(C)OC(=O)C1=CN(C(=O)c2ccc(F)cc2C(F)(F)F)CC(C)(C)c2c1[nH]c1ccccc21. The van der Waals surface area contributed by atoms with Crippen LogP contribution in [0.5, 0.6) is 0 Å². The number of halogens is 4. The molecule has 0 atom stereocenters. The first kappa shape index (κ1) is 24.5. The number of rotatable bonds is 3. The monoisotopic (exact) mass is 488 g/mol. The first-order chi connectivity index (χ1) is 16.3. The largest absolute Gasteiger partial charge is 0.459 e. The molecule has 0 saturated heterocycles. The highest BCUT2D eigenvalue weighted by atomic mass is 19.4. The normalized spacial score (nSPS) is 15.6. The molecule has 0 aliphatic carbocycles. The number of amides is 1. The summed E-state index contributed by atoms with van der Waals surface area (Å²) in [5, 5.41) is 0.822. The molecule has 9 heteroatoms. The quantitative estimate of drug-likeness (QED) is 0.361. The van der Waals surface area contributed by atoms with Crippen molar-refractivity contribution in [2.24, 2.45) is 0 Å². The molecule has 35 heavy (non-hydrogen) atoms. The number of para-hydroxylation sites is 1. The summed E-state index contributed by atoms with van der Waals surface area (Å²) in [7, 11) is 0. The van der Waals surface area contributed by atoms with Crippen LogP contribution in [0.1, 0.15) is 54.9 Å². The number of H-pyrrole nitrogens is 1. The Balaban J connectivity index is 1.92. The highest BCUT2D eigenvalue weighted by Gasteiger charge is 2.40. The van der Waals surface area contributed by atoms with Gasteiger partial charge in [0.25, 0.3) is 5.91 Å². The topological polar surface area (TPSA) is 62.4 Å². The molecule has 2 aromatic carbocycles. The van der Waals surface area contributed by atoms with Crippen LogP contribution in [0.25, 0.3) is 16.5 Å². The van der Waals surface area contributed by atoms with E-state index in [4.69, 9.17) is 4.74 Å².